The van der Waals surface area contributed by atoms with Crippen LogP contribution in [0.1, 0.15) is 0 Å². The van der Waals surface area contributed by atoms with Crippen LogP contribution in [0.5, 0.6) is 11.5 Å². The Hall–Kier alpha value is -2.34. The fourth-order valence-corrected chi connectivity index (χ4v) is 2.83. The van der Waals surface area contributed by atoms with Crippen molar-refractivity contribution < 1.29 is 13.9 Å². The summed E-state index contributed by atoms with van der Waals surface area (Å²) in [6, 6.07) is 10.2. The number of aromatic nitrogens is 2. The molecule has 1 aliphatic heterocycles. The summed E-state index contributed by atoms with van der Waals surface area (Å²) in [6.45, 7) is 1.08. The second-order valence-corrected chi connectivity index (χ2v) is 5.14. The molecule has 6 heteroatoms. The van der Waals surface area contributed by atoms with Gasteiger partial charge in [-0.15, -0.1) is 0 Å². The van der Waals surface area contributed by atoms with E-state index in [1.807, 2.05) is 22.8 Å². The first kappa shape index (κ1) is 12.4. The van der Waals surface area contributed by atoms with E-state index in [9.17, 15) is 4.39 Å². The molecule has 3 aromatic rings. The van der Waals surface area contributed by atoms with Gasteiger partial charge in [-0.1, -0.05) is 0 Å². The van der Waals surface area contributed by atoms with Crippen LogP contribution in [0.4, 0.5) is 4.39 Å². The molecule has 0 spiro atoms. The smallest absolute Gasteiger partial charge is 0.182 e. The van der Waals surface area contributed by atoms with Gasteiger partial charge in [0.05, 0.1) is 16.7 Å². The van der Waals surface area contributed by atoms with Crippen molar-refractivity contribution in [3.8, 4) is 17.2 Å². The number of nitrogens with one attached hydrogen (secondary N) is 1. The average molecular weight is 302 g/mol. The molecule has 1 aliphatic rings. The summed E-state index contributed by atoms with van der Waals surface area (Å²) in [5.74, 6) is 1.12. The summed E-state index contributed by atoms with van der Waals surface area (Å²) in [7, 11) is 0. The van der Waals surface area contributed by atoms with E-state index in [0.717, 1.165) is 17.0 Å². The molecule has 0 atom stereocenters. The van der Waals surface area contributed by atoms with Crippen LogP contribution in [-0.4, -0.2) is 22.8 Å². The van der Waals surface area contributed by atoms with Gasteiger partial charge in [0.2, 0.25) is 0 Å². The van der Waals surface area contributed by atoms with E-state index in [0.29, 0.717) is 29.3 Å². The quantitative estimate of drug-likeness (QED) is 0.698. The fourth-order valence-electron chi connectivity index (χ4n) is 2.51. The standard InChI is InChI=1S/C15H11FN2O2S/c16-9-1-3-12-11(7-9)17-15(21)18(12)10-2-4-13-14(8-10)20-6-5-19-13/h1-4,7-8H,5-6H2,(H,17,21). The molecule has 0 bridgehead atoms. The van der Waals surface area contributed by atoms with Crippen LogP contribution in [0.15, 0.2) is 36.4 Å². The zero-order valence-corrected chi connectivity index (χ0v) is 11.7. The predicted molar refractivity (Wildman–Crippen MR) is 79.4 cm³/mol. The lowest BCUT2D eigenvalue weighted by Crippen LogP contribution is -2.15. The van der Waals surface area contributed by atoms with Gasteiger partial charge in [0, 0.05) is 6.07 Å². The molecule has 4 nitrogen and oxygen atoms in total. The molecule has 0 saturated carbocycles. The predicted octanol–water partition coefficient (Wildman–Crippen LogP) is 3.60. The van der Waals surface area contributed by atoms with Crippen molar-refractivity contribution in [3.05, 3.63) is 47.0 Å². The molecule has 1 aromatic heterocycles. The molecular weight excluding hydrogens is 291 g/mol. The Balaban J connectivity index is 1.94. The van der Waals surface area contributed by atoms with Gasteiger partial charge in [-0.25, -0.2) is 4.39 Å². The molecule has 0 fully saturated rings. The Morgan fingerprint density at radius 3 is 2.71 bits per heavy atom. The van der Waals surface area contributed by atoms with Gasteiger partial charge in [0.15, 0.2) is 16.3 Å². The number of halogens is 1. The second-order valence-electron chi connectivity index (χ2n) is 4.75. The Labute approximate surface area is 124 Å². The Morgan fingerprint density at radius 2 is 1.86 bits per heavy atom. The summed E-state index contributed by atoms with van der Waals surface area (Å²) in [5, 5.41) is 0. The number of hydrogen-bond donors (Lipinski definition) is 1. The first-order chi connectivity index (χ1) is 10.2. The Bertz CT molecular complexity index is 900. The highest BCUT2D eigenvalue weighted by Gasteiger charge is 2.14. The van der Waals surface area contributed by atoms with Crippen LogP contribution < -0.4 is 9.47 Å². The van der Waals surface area contributed by atoms with Gasteiger partial charge < -0.3 is 14.5 Å². The van der Waals surface area contributed by atoms with Crippen LogP contribution in [0.3, 0.4) is 0 Å². The number of nitrogens with zero attached hydrogens (tertiary/aromatic N) is 1. The summed E-state index contributed by atoms with van der Waals surface area (Å²) in [4.78, 5) is 3.01. The summed E-state index contributed by atoms with van der Waals surface area (Å²) in [5.41, 5.74) is 2.33. The van der Waals surface area contributed by atoms with Gasteiger partial charge in [0.25, 0.3) is 0 Å². The topological polar surface area (TPSA) is 39.2 Å². The SMILES string of the molecule is Fc1ccc2c(c1)[nH]c(=S)n2-c1ccc2c(c1)OCCO2. The van der Waals surface area contributed by atoms with Gasteiger partial charge in [0.1, 0.15) is 19.0 Å². The number of benzene rings is 2. The van der Waals surface area contributed by atoms with E-state index in [-0.39, 0.29) is 5.82 Å². The number of aromatic amines is 1. The Kier molecular flexibility index (Phi) is 2.71. The normalized spacial score (nSPS) is 13.6. The van der Waals surface area contributed by atoms with Gasteiger partial charge in [-0.3, -0.25) is 4.57 Å². The van der Waals surface area contributed by atoms with Crippen molar-refractivity contribution in [3.63, 3.8) is 0 Å². The van der Waals surface area contributed by atoms with E-state index in [1.54, 1.807) is 6.07 Å². The number of rotatable bonds is 1. The van der Waals surface area contributed by atoms with Gasteiger partial charge >= 0.3 is 0 Å². The van der Waals surface area contributed by atoms with Crippen molar-refractivity contribution in [1.82, 2.24) is 9.55 Å². The van der Waals surface area contributed by atoms with Crippen molar-refractivity contribution in [1.29, 1.82) is 0 Å². The zero-order chi connectivity index (χ0) is 14.4. The highest BCUT2D eigenvalue weighted by molar-refractivity contribution is 7.71. The summed E-state index contributed by atoms with van der Waals surface area (Å²) >= 11 is 5.35. The summed E-state index contributed by atoms with van der Waals surface area (Å²) < 4.78 is 26.8. The second kappa shape index (κ2) is 4.60. The molecule has 0 unspecified atom stereocenters. The molecule has 106 valence electrons. The van der Waals surface area contributed by atoms with E-state index in [1.165, 1.54) is 12.1 Å². The monoisotopic (exact) mass is 302 g/mol. The highest BCUT2D eigenvalue weighted by atomic mass is 32.1. The van der Waals surface area contributed by atoms with Crippen LogP contribution in [0.25, 0.3) is 16.7 Å². The number of imidazole rings is 1. The zero-order valence-electron chi connectivity index (χ0n) is 10.9. The molecule has 0 radical (unpaired) electrons. The number of ether oxygens (including phenoxy) is 2. The highest BCUT2D eigenvalue weighted by Crippen LogP contribution is 2.33. The molecule has 2 aromatic carbocycles. The Morgan fingerprint density at radius 1 is 1.05 bits per heavy atom. The largest absolute Gasteiger partial charge is 0.486 e. The maximum atomic E-state index is 13.3. The van der Waals surface area contributed by atoms with E-state index >= 15 is 0 Å². The minimum atomic E-state index is -0.298. The fraction of sp³-hybridized carbons (Fsp3) is 0.133. The maximum absolute atomic E-state index is 13.3. The molecule has 0 aliphatic carbocycles. The lowest BCUT2D eigenvalue weighted by Gasteiger charge is -2.19. The third kappa shape index (κ3) is 1.99. The molecule has 4 rings (SSSR count). The van der Waals surface area contributed by atoms with Crippen LogP contribution >= 0.6 is 12.2 Å². The number of hydrogen-bond acceptors (Lipinski definition) is 3. The first-order valence-corrected chi connectivity index (χ1v) is 6.93. The molecule has 21 heavy (non-hydrogen) atoms. The minimum Gasteiger partial charge on any atom is -0.486 e. The minimum absolute atomic E-state index is 0.298. The van der Waals surface area contributed by atoms with E-state index in [4.69, 9.17) is 21.7 Å². The third-order valence-corrected chi connectivity index (χ3v) is 3.71. The van der Waals surface area contributed by atoms with Crippen LogP contribution in [0, 0.1) is 10.6 Å². The van der Waals surface area contributed by atoms with E-state index in [2.05, 4.69) is 4.98 Å². The molecule has 0 saturated heterocycles. The third-order valence-electron chi connectivity index (χ3n) is 3.43. The molecule has 0 amide bonds. The first-order valence-electron chi connectivity index (χ1n) is 6.53. The van der Waals surface area contributed by atoms with E-state index < -0.39 is 0 Å². The maximum Gasteiger partial charge on any atom is 0.182 e. The molecule has 1 N–H and O–H groups in total. The van der Waals surface area contributed by atoms with Gasteiger partial charge in [-0.05, 0) is 42.5 Å². The van der Waals surface area contributed by atoms with Crippen molar-refractivity contribution in [2.24, 2.45) is 0 Å². The molecular formula is C15H11FN2O2S. The van der Waals surface area contributed by atoms with Crippen molar-refractivity contribution >= 4 is 23.3 Å². The van der Waals surface area contributed by atoms with Gasteiger partial charge in [-0.2, -0.15) is 0 Å². The molecule has 2 heterocycles. The van der Waals surface area contributed by atoms with Crippen molar-refractivity contribution in [2.75, 3.05) is 13.2 Å². The lowest BCUT2D eigenvalue weighted by atomic mass is 10.2. The number of fused-ring (bicyclic) bond motifs is 2. The summed E-state index contributed by atoms with van der Waals surface area (Å²) in [6.07, 6.45) is 0. The lowest BCUT2D eigenvalue weighted by molar-refractivity contribution is 0.171. The average Bonchev–Trinajstić information content (AvgIpc) is 2.81. The van der Waals surface area contributed by atoms with Crippen molar-refractivity contribution in [2.45, 2.75) is 0 Å². The van der Waals surface area contributed by atoms with Crippen LogP contribution in [0.2, 0.25) is 0 Å². The van der Waals surface area contributed by atoms with Crippen LogP contribution in [-0.2, 0) is 0 Å². The number of H-pyrrole nitrogens is 1.